The molecule has 13 heavy (non-hydrogen) atoms. The molecule has 2 N–H and O–H groups in total. The summed E-state index contributed by atoms with van der Waals surface area (Å²) in [5, 5.41) is 0. The van der Waals surface area contributed by atoms with Crippen LogP contribution in [0.15, 0.2) is 12.1 Å². The van der Waals surface area contributed by atoms with Crippen LogP contribution in [-0.2, 0) is 5.75 Å². The largest absolute Gasteiger partial charge is 0.325 e. The molecule has 1 aromatic rings. The lowest BCUT2D eigenvalue weighted by molar-refractivity contribution is 0.591. The van der Waals surface area contributed by atoms with Gasteiger partial charge in [0.15, 0.2) is 0 Å². The SMILES string of the molecule is CC(C)(N)CSCc1ccc(Cl)s1. The van der Waals surface area contributed by atoms with Gasteiger partial charge in [0.2, 0.25) is 0 Å². The molecule has 1 rings (SSSR count). The minimum absolute atomic E-state index is 0.0777. The van der Waals surface area contributed by atoms with Crippen molar-refractivity contribution in [1.29, 1.82) is 0 Å². The van der Waals surface area contributed by atoms with E-state index in [4.69, 9.17) is 17.3 Å². The molecule has 0 bridgehead atoms. The smallest absolute Gasteiger partial charge is 0.0931 e. The Hall–Kier alpha value is 0.300. The molecule has 0 radical (unpaired) electrons. The van der Waals surface area contributed by atoms with Gasteiger partial charge in [0.1, 0.15) is 0 Å². The second-order valence-electron chi connectivity index (χ2n) is 3.69. The fourth-order valence-corrected chi connectivity index (χ4v) is 3.14. The van der Waals surface area contributed by atoms with E-state index in [1.807, 2.05) is 31.7 Å². The predicted octanol–water partition coefficient (Wildman–Crippen LogP) is 3.37. The van der Waals surface area contributed by atoms with Crippen LogP contribution in [0.5, 0.6) is 0 Å². The normalized spacial score (nSPS) is 12.0. The summed E-state index contributed by atoms with van der Waals surface area (Å²) in [6, 6.07) is 4.01. The van der Waals surface area contributed by atoms with Crippen molar-refractivity contribution in [2.45, 2.75) is 25.1 Å². The third-order valence-electron chi connectivity index (χ3n) is 1.35. The number of thiophene rings is 1. The molecule has 0 atom stereocenters. The first-order valence-electron chi connectivity index (χ1n) is 4.08. The summed E-state index contributed by atoms with van der Waals surface area (Å²) in [6.45, 7) is 4.09. The second kappa shape index (κ2) is 4.69. The van der Waals surface area contributed by atoms with Crippen molar-refractivity contribution in [2.24, 2.45) is 5.73 Å². The van der Waals surface area contributed by atoms with Crippen molar-refractivity contribution in [3.63, 3.8) is 0 Å². The molecule has 0 amide bonds. The molecule has 0 aliphatic rings. The van der Waals surface area contributed by atoms with E-state index >= 15 is 0 Å². The first kappa shape index (κ1) is 11.4. The summed E-state index contributed by atoms with van der Waals surface area (Å²) < 4.78 is 0.864. The lowest BCUT2D eigenvalue weighted by Crippen LogP contribution is -2.34. The van der Waals surface area contributed by atoms with E-state index in [-0.39, 0.29) is 5.54 Å². The highest BCUT2D eigenvalue weighted by Gasteiger charge is 2.10. The van der Waals surface area contributed by atoms with Gasteiger partial charge < -0.3 is 5.73 Å². The number of rotatable bonds is 4. The Morgan fingerprint density at radius 3 is 2.69 bits per heavy atom. The molecular formula is C9H14ClNS2. The first-order chi connectivity index (χ1) is 5.97. The Morgan fingerprint density at radius 1 is 1.54 bits per heavy atom. The van der Waals surface area contributed by atoms with Crippen LogP contribution >= 0.6 is 34.7 Å². The standard InChI is InChI=1S/C9H14ClNS2/c1-9(2,11)6-12-5-7-3-4-8(10)13-7/h3-4H,5-6,11H2,1-2H3. The van der Waals surface area contributed by atoms with E-state index in [0.29, 0.717) is 0 Å². The molecule has 0 aliphatic carbocycles. The van der Waals surface area contributed by atoms with Gasteiger partial charge in [-0.2, -0.15) is 11.8 Å². The summed E-state index contributed by atoms with van der Waals surface area (Å²) in [4.78, 5) is 1.32. The Labute approximate surface area is 92.7 Å². The average molecular weight is 236 g/mol. The third-order valence-corrected chi connectivity index (χ3v) is 4.22. The fourth-order valence-electron chi connectivity index (χ4n) is 0.844. The number of halogens is 1. The van der Waals surface area contributed by atoms with E-state index in [1.54, 1.807) is 11.3 Å². The molecule has 0 unspecified atom stereocenters. The van der Waals surface area contributed by atoms with Gasteiger partial charge in [-0.15, -0.1) is 11.3 Å². The van der Waals surface area contributed by atoms with E-state index in [0.717, 1.165) is 15.8 Å². The monoisotopic (exact) mass is 235 g/mol. The van der Waals surface area contributed by atoms with Crippen LogP contribution in [0.1, 0.15) is 18.7 Å². The van der Waals surface area contributed by atoms with E-state index in [9.17, 15) is 0 Å². The highest BCUT2D eigenvalue weighted by molar-refractivity contribution is 7.98. The maximum atomic E-state index is 5.86. The molecule has 1 nitrogen and oxygen atoms in total. The van der Waals surface area contributed by atoms with Gasteiger partial charge in [-0.25, -0.2) is 0 Å². The van der Waals surface area contributed by atoms with Crippen LogP contribution in [0.3, 0.4) is 0 Å². The van der Waals surface area contributed by atoms with E-state index in [1.165, 1.54) is 4.88 Å². The minimum Gasteiger partial charge on any atom is -0.325 e. The van der Waals surface area contributed by atoms with Crippen molar-refractivity contribution in [3.05, 3.63) is 21.3 Å². The van der Waals surface area contributed by atoms with Gasteiger partial charge in [-0.3, -0.25) is 0 Å². The average Bonchev–Trinajstić information content (AvgIpc) is 2.33. The number of hydrogen-bond acceptors (Lipinski definition) is 3. The van der Waals surface area contributed by atoms with Crippen LogP contribution in [0.25, 0.3) is 0 Å². The lowest BCUT2D eigenvalue weighted by atomic mass is 10.1. The van der Waals surface area contributed by atoms with Crippen molar-refractivity contribution >= 4 is 34.7 Å². The van der Waals surface area contributed by atoms with Crippen LogP contribution in [-0.4, -0.2) is 11.3 Å². The number of nitrogens with two attached hydrogens (primary N) is 1. The Balaban J connectivity index is 2.28. The van der Waals surface area contributed by atoms with Gasteiger partial charge in [-0.1, -0.05) is 11.6 Å². The molecule has 0 spiro atoms. The van der Waals surface area contributed by atoms with E-state index in [2.05, 4.69) is 6.07 Å². The Bertz CT molecular complexity index is 265. The highest BCUT2D eigenvalue weighted by Crippen LogP contribution is 2.25. The molecule has 0 saturated carbocycles. The predicted molar refractivity (Wildman–Crippen MR) is 63.8 cm³/mol. The van der Waals surface area contributed by atoms with Gasteiger partial charge in [0, 0.05) is 21.9 Å². The molecule has 0 saturated heterocycles. The summed E-state index contributed by atoms with van der Waals surface area (Å²) in [7, 11) is 0. The molecule has 74 valence electrons. The summed E-state index contributed by atoms with van der Waals surface area (Å²) in [5.74, 6) is 1.99. The number of thioether (sulfide) groups is 1. The summed E-state index contributed by atoms with van der Waals surface area (Å²) in [5.41, 5.74) is 5.78. The van der Waals surface area contributed by atoms with Crippen LogP contribution in [0.2, 0.25) is 4.34 Å². The lowest BCUT2D eigenvalue weighted by Gasteiger charge is -2.16. The van der Waals surface area contributed by atoms with Gasteiger partial charge in [0.05, 0.1) is 4.34 Å². The van der Waals surface area contributed by atoms with Crippen molar-refractivity contribution in [2.75, 3.05) is 5.75 Å². The van der Waals surface area contributed by atoms with E-state index < -0.39 is 0 Å². The first-order valence-corrected chi connectivity index (χ1v) is 6.43. The van der Waals surface area contributed by atoms with Gasteiger partial charge >= 0.3 is 0 Å². The second-order valence-corrected chi connectivity index (χ2v) is 6.47. The fraction of sp³-hybridized carbons (Fsp3) is 0.556. The van der Waals surface area contributed by atoms with Crippen molar-refractivity contribution in [3.8, 4) is 0 Å². The molecule has 1 aromatic heterocycles. The zero-order valence-corrected chi connectivity index (χ0v) is 10.2. The van der Waals surface area contributed by atoms with Gasteiger partial charge in [0.25, 0.3) is 0 Å². The topological polar surface area (TPSA) is 26.0 Å². The van der Waals surface area contributed by atoms with Crippen LogP contribution < -0.4 is 5.73 Å². The van der Waals surface area contributed by atoms with Crippen LogP contribution in [0, 0.1) is 0 Å². The molecule has 0 aliphatic heterocycles. The summed E-state index contributed by atoms with van der Waals surface area (Å²) in [6.07, 6.45) is 0. The summed E-state index contributed by atoms with van der Waals surface area (Å²) >= 11 is 9.31. The zero-order valence-electron chi connectivity index (χ0n) is 7.84. The molecule has 0 fully saturated rings. The van der Waals surface area contributed by atoms with Crippen molar-refractivity contribution in [1.82, 2.24) is 0 Å². The Kier molecular flexibility index (Phi) is 4.10. The molecule has 0 aromatic carbocycles. The molecule has 1 heterocycles. The zero-order chi connectivity index (χ0) is 9.90. The van der Waals surface area contributed by atoms with Gasteiger partial charge in [-0.05, 0) is 26.0 Å². The van der Waals surface area contributed by atoms with Crippen LogP contribution in [0.4, 0.5) is 0 Å². The minimum atomic E-state index is -0.0777. The highest BCUT2D eigenvalue weighted by atomic mass is 35.5. The Morgan fingerprint density at radius 2 is 2.23 bits per heavy atom. The third kappa shape index (κ3) is 4.91. The maximum Gasteiger partial charge on any atom is 0.0931 e. The number of hydrogen-bond donors (Lipinski definition) is 1. The molecular weight excluding hydrogens is 222 g/mol. The van der Waals surface area contributed by atoms with Crippen molar-refractivity contribution < 1.29 is 0 Å². The quantitative estimate of drug-likeness (QED) is 0.866. The maximum absolute atomic E-state index is 5.86. The molecule has 4 heteroatoms.